The molecule has 2 amide bonds. The summed E-state index contributed by atoms with van der Waals surface area (Å²) in [5, 5.41) is 14.5. The molecule has 0 radical (unpaired) electrons. The fourth-order valence-electron chi connectivity index (χ4n) is 4.19. The summed E-state index contributed by atoms with van der Waals surface area (Å²) in [6, 6.07) is 16.4. The van der Waals surface area contributed by atoms with Crippen molar-refractivity contribution >= 4 is 18.0 Å². The SMILES string of the molecule is CC(C)(CCNC(=O)OCC1c2ccccc2-c2ccccc21)CCC(=O)NC(C)(C)C(=O)O. The molecule has 0 saturated carbocycles. The van der Waals surface area contributed by atoms with Crippen LogP contribution < -0.4 is 10.6 Å². The third-order valence-electron chi connectivity index (χ3n) is 6.43. The number of carboxylic acid groups (broad SMARTS) is 1. The fraction of sp³-hybridized carbons (Fsp3) is 0.444. The van der Waals surface area contributed by atoms with Gasteiger partial charge in [0.05, 0.1) is 0 Å². The lowest BCUT2D eigenvalue weighted by Gasteiger charge is -2.26. The maximum Gasteiger partial charge on any atom is 0.407 e. The lowest BCUT2D eigenvalue weighted by atomic mass is 9.84. The molecule has 2 aromatic carbocycles. The Balaban J connectivity index is 1.43. The van der Waals surface area contributed by atoms with Gasteiger partial charge in [0.1, 0.15) is 12.1 Å². The van der Waals surface area contributed by atoms with E-state index >= 15 is 0 Å². The quantitative estimate of drug-likeness (QED) is 0.471. The van der Waals surface area contributed by atoms with Crippen LogP contribution in [0.5, 0.6) is 0 Å². The van der Waals surface area contributed by atoms with E-state index in [4.69, 9.17) is 9.84 Å². The van der Waals surface area contributed by atoms with E-state index in [9.17, 15) is 14.4 Å². The molecule has 0 spiro atoms. The smallest absolute Gasteiger partial charge is 0.407 e. The Morgan fingerprint density at radius 3 is 2.03 bits per heavy atom. The number of carboxylic acids is 1. The van der Waals surface area contributed by atoms with Gasteiger partial charge < -0.3 is 20.5 Å². The summed E-state index contributed by atoms with van der Waals surface area (Å²) in [6.07, 6.45) is 0.987. The summed E-state index contributed by atoms with van der Waals surface area (Å²) >= 11 is 0. The van der Waals surface area contributed by atoms with Gasteiger partial charge in [-0.3, -0.25) is 4.79 Å². The molecule has 0 saturated heterocycles. The van der Waals surface area contributed by atoms with Crippen molar-refractivity contribution in [2.24, 2.45) is 5.41 Å². The van der Waals surface area contributed by atoms with E-state index < -0.39 is 17.6 Å². The van der Waals surface area contributed by atoms with Gasteiger partial charge in [-0.25, -0.2) is 9.59 Å². The molecule has 0 aliphatic heterocycles. The highest BCUT2D eigenvalue weighted by molar-refractivity contribution is 5.86. The maximum absolute atomic E-state index is 12.3. The van der Waals surface area contributed by atoms with Crippen LogP contribution in [0, 0.1) is 5.41 Å². The van der Waals surface area contributed by atoms with Crippen LogP contribution >= 0.6 is 0 Å². The molecule has 3 rings (SSSR count). The van der Waals surface area contributed by atoms with Crippen LogP contribution in [-0.2, 0) is 14.3 Å². The second kappa shape index (κ2) is 10.3. The number of carbonyl (C=O) groups is 3. The number of carbonyl (C=O) groups excluding carboxylic acids is 2. The van der Waals surface area contributed by atoms with E-state index in [1.165, 1.54) is 36.1 Å². The van der Waals surface area contributed by atoms with Crippen molar-refractivity contribution < 1.29 is 24.2 Å². The highest BCUT2D eigenvalue weighted by Crippen LogP contribution is 2.44. The van der Waals surface area contributed by atoms with Gasteiger partial charge in [0, 0.05) is 18.9 Å². The number of ether oxygens (including phenoxy) is 1. The Morgan fingerprint density at radius 1 is 0.912 bits per heavy atom. The first-order valence-electron chi connectivity index (χ1n) is 11.6. The topological polar surface area (TPSA) is 105 Å². The molecule has 0 heterocycles. The van der Waals surface area contributed by atoms with E-state index in [-0.39, 0.29) is 30.3 Å². The van der Waals surface area contributed by atoms with Crippen LogP contribution in [-0.4, -0.2) is 41.8 Å². The van der Waals surface area contributed by atoms with Gasteiger partial charge in [0.2, 0.25) is 5.91 Å². The number of hydrogen-bond acceptors (Lipinski definition) is 4. The Labute approximate surface area is 200 Å². The molecule has 7 heteroatoms. The van der Waals surface area contributed by atoms with Gasteiger partial charge in [0.25, 0.3) is 0 Å². The van der Waals surface area contributed by atoms with Gasteiger partial charge in [0.15, 0.2) is 0 Å². The molecule has 0 aromatic heterocycles. The van der Waals surface area contributed by atoms with Gasteiger partial charge in [-0.05, 0) is 54.4 Å². The molecule has 0 fully saturated rings. The summed E-state index contributed by atoms with van der Waals surface area (Å²) in [6.45, 7) is 7.63. The van der Waals surface area contributed by atoms with Crippen molar-refractivity contribution in [2.45, 2.75) is 58.4 Å². The van der Waals surface area contributed by atoms with Crippen LogP contribution in [0.1, 0.15) is 64.0 Å². The summed E-state index contributed by atoms with van der Waals surface area (Å²) in [5.41, 5.74) is 3.20. The lowest BCUT2D eigenvalue weighted by molar-refractivity contribution is -0.146. The molecule has 1 aliphatic carbocycles. The number of benzene rings is 2. The Morgan fingerprint density at radius 2 is 1.47 bits per heavy atom. The first-order valence-corrected chi connectivity index (χ1v) is 11.6. The number of rotatable bonds is 10. The van der Waals surface area contributed by atoms with Crippen molar-refractivity contribution in [3.05, 3.63) is 59.7 Å². The minimum Gasteiger partial charge on any atom is -0.480 e. The second-order valence-electron chi connectivity index (χ2n) is 10.1. The average molecular weight is 467 g/mol. The van der Waals surface area contributed by atoms with Gasteiger partial charge in [-0.2, -0.15) is 0 Å². The van der Waals surface area contributed by atoms with E-state index in [0.717, 1.165) is 0 Å². The monoisotopic (exact) mass is 466 g/mol. The second-order valence-corrected chi connectivity index (χ2v) is 10.1. The molecule has 0 bridgehead atoms. The van der Waals surface area contributed by atoms with Crippen LogP contribution in [0.15, 0.2) is 48.5 Å². The van der Waals surface area contributed by atoms with Crippen molar-refractivity contribution in [3.8, 4) is 11.1 Å². The van der Waals surface area contributed by atoms with E-state index in [1.807, 2.05) is 38.1 Å². The molecule has 0 atom stereocenters. The van der Waals surface area contributed by atoms with Crippen LogP contribution in [0.4, 0.5) is 4.79 Å². The van der Waals surface area contributed by atoms with Crippen molar-refractivity contribution in [2.75, 3.05) is 13.2 Å². The van der Waals surface area contributed by atoms with Gasteiger partial charge in [-0.15, -0.1) is 0 Å². The van der Waals surface area contributed by atoms with Crippen molar-refractivity contribution in [1.29, 1.82) is 0 Å². The summed E-state index contributed by atoms with van der Waals surface area (Å²) in [4.78, 5) is 35.6. The number of hydrogen-bond donors (Lipinski definition) is 3. The number of aliphatic carboxylic acids is 1. The van der Waals surface area contributed by atoms with Crippen molar-refractivity contribution in [3.63, 3.8) is 0 Å². The Bertz CT molecular complexity index is 1010. The third kappa shape index (κ3) is 6.16. The minimum absolute atomic E-state index is 0.0168. The van der Waals surface area contributed by atoms with Crippen LogP contribution in [0.2, 0.25) is 0 Å². The molecule has 34 heavy (non-hydrogen) atoms. The maximum atomic E-state index is 12.3. The largest absolute Gasteiger partial charge is 0.480 e. The minimum atomic E-state index is -1.30. The van der Waals surface area contributed by atoms with Crippen molar-refractivity contribution in [1.82, 2.24) is 10.6 Å². The number of alkyl carbamates (subject to hydrolysis) is 1. The zero-order chi connectivity index (χ0) is 24.9. The lowest BCUT2D eigenvalue weighted by Crippen LogP contribution is -2.49. The average Bonchev–Trinajstić information content (AvgIpc) is 3.10. The number of amides is 2. The Kier molecular flexibility index (Phi) is 7.64. The number of nitrogens with one attached hydrogen (secondary N) is 2. The summed E-state index contributed by atoms with van der Waals surface area (Å²) < 4.78 is 5.56. The Hall–Kier alpha value is -3.35. The highest BCUT2D eigenvalue weighted by Gasteiger charge is 2.30. The van der Waals surface area contributed by atoms with Gasteiger partial charge in [-0.1, -0.05) is 62.4 Å². The molecule has 1 aliphatic rings. The standard InChI is InChI=1S/C27H34N2O5/c1-26(2,14-13-23(30)29-27(3,4)24(31)32)15-16-28-25(33)34-17-22-20-11-7-5-9-18(20)19-10-6-8-12-21(19)22/h5-12,22H,13-17H2,1-4H3,(H,28,33)(H,29,30)(H,31,32). The fourth-order valence-corrected chi connectivity index (χ4v) is 4.19. The van der Waals surface area contributed by atoms with Crippen LogP contribution in [0.25, 0.3) is 11.1 Å². The molecule has 7 nitrogen and oxygen atoms in total. The normalized spacial score (nSPS) is 13.1. The summed E-state index contributed by atoms with van der Waals surface area (Å²) in [5.74, 6) is -1.36. The highest BCUT2D eigenvalue weighted by atomic mass is 16.5. The molecular formula is C27H34N2O5. The molecule has 3 N–H and O–H groups in total. The molecule has 182 valence electrons. The van der Waals surface area contributed by atoms with E-state index in [0.29, 0.717) is 19.4 Å². The number of fused-ring (bicyclic) bond motifs is 3. The first kappa shape index (κ1) is 25.3. The molecule has 2 aromatic rings. The third-order valence-corrected chi connectivity index (χ3v) is 6.43. The molecule has 0 unspecified atom stereocenters. The zero-order valence-corrected chi connectivity index (χ0v) is 20.3. The zero-order valence-electron chi connectivity index (χ0n) is 20.3. The first-order chi connectivity index (χ1) is 16.0. The molecular weight excluding hydrogens is 432 g/mol. The van der Waals surface area contributed by atoms with E-state index in [1.54, 1.807) is 0 Å². The van der Waals surface area contributed by atoms with Crippen LogP contribution in [0.3, 0.4) is 0 Å². The predicted molar refractivity (Wildman–Crippen MR) is 131 cm³/mol. The van der Waals surface area contributed by atoms with Gasteiger partial charge >= 0.3 is 12.1 Å². The predicted octanol–water partition coefficient (Wildman–Crippen LogP) is 4.70. The van der Waals surface area contributed by atoms with E-state index in [2.05, 4.69) is 34.9 Å². The summed E-state index contributed by atoms with van der Waals surface area (Å²) in [7, 11) is 0.